The molecule has 1 heterocycles. The van der Waals surface area contributed by atoms with Gasteiger partial charge in [-0.05, 0) is 38.6 Å². The van der Waals surface area contributed by atoms with Gasteiger partial charge in [-0.15, -0.1) is 0 Å². The molecule has 1 unspecified atom stereocenters. The molecule has 0 bridgehead atoms. The highest BCUT2D eigenvalue weighted by molar-refractivity contribution is 6.23. The van der Waals surface area contributed by atoms with Crippen molar-refractivity contribution in [1.29, 1.82) is 0 Å². The number of nitrogens with zero attached hydrogens (tertiary/aromatic N) is 2. The second-order valence-corrected chi connectivity index (χ2v) is 6.30. The number of likely N-dealkylation sites (N-methyl/N-ethyl adjacent to an activating group) is 1. The Labute approximate surface area is 125 Å². The number of hydrogen-bond acceptors (Lipinski definition) is 4. The lowest BCUT2D eigenvalue weighted by molar-refractivity contribution is 0.0539. The van der Waals surface area contributed by atoms with Crippen LogP contribution in [0.4, 0.5) is 5.69 Å². The topological polar surface area (TPSA) is 66.6 Å². The third kappa shape index (κ3) is 2.93. The van der Waals surface area contributed by atoms with Crippen molar-refractivity contribution < 1.29 is 9.59 Å². The van der Waals surface area contributed by atoms with Crippen molar-refractivity contribution in [3.8, 4) is 0 Å². The Morgan fingerprint density at radius 2 is 1.86 bits per heavy atom. The zero-order valence-corrected chi connectivity index (χ0v) is 13.1. The van der Waals surface area contributed by atoms with Crippen molar-refractivity contribution in [1.82, 2.24) is 9.80 Å². The minimum atomic E-state index is -0.263. The molecule has 0 radical (unpaired) electrons. The lowest BCUT2D eigenvalue weighted by Crippen LogP contribution is -2.46. The van der Waals surface area contributed by atoms with Gasteiger partial charge in [-0.3, -0.25) is 14.5 Å². The quantitative estimate of drug-likeness (QED) is 0.663. The van der Waals surface area contributed by atoms with Gasteiger partial charge in [0.15, 0.2) is 0 Å². The molecule has 1 aromatic rings. The number of rotatable bonds is 5. The number of anilines is 1. The molecule has 0 fully saturated rings. The number of hydrogen-bond donors (Lipinski definition) is 1. The normalized spacial score (nSPS) is 16.0. The molecule has 114 valence electrons. The smallest absolute Gasteiger partial charge is 0.263 e. The summed E-state index contributed by atoms with van der Waals surface area (Å²) in [4.78, 5) is 28.6. The number of imide groups is 1. The van der Waals surface area contributed by atoms with Gasteiger partial charge in [-0.1, -0.05) is 19.9 Å². The van der Waals surface area contributed by atoms with Crippen LogP contribution in [0.2, 0.25) is 0 Å². The first-order chi connectivity index (χ1) is 9.82. The second kappa shape index (κ2) is 5.85. The van der Waals surface area contributed by atoms with Gasteiger partial charge < -0.3 is 10.6 Å². The summed E-state index contributed by atoms with van der Waals surface area (Å²) in [6.07, 6.45) is 0.781. The number of carbonyl (C=O) groups is 2. The summed E-state index contributed by atoms with van der Waals surface area (Å²) < 4.78 is 0. The first-order valence-electron chi connectivity index (χ1n) is 7.24. The van der Waals surface area contributed by atoms with Gasteiger partial charge in [0.05, 0.1) is 17.2 Å². The summed E-state index contributed by atoms with van der Waals surface area (Å²) in [5.74, 6) is -0.0907. The summed E-state index contributed by atoms with van der Waals surface area (Å²) in [6, 6.07) is 4.92. The average molecular weight is 289 g/mol. The molecule has 0 spiro atoms. The lowest BCUT2D eigenvalue weighted by Gasteiger charge is -2.30. The predicted octanol–water partition coefficient (Wildman–Crippen LogP) is 1.84. The van der Waals surface area contributed by atoms with Crippen LogP contribution in [-0.4, -0.2) is 48.3 Å². The van der Waals surface area contributed by atoms with E-state index in [0.29, 0.717) is 29.3 Å². The molecule has 1 atom stereocenters. The molecule has 21 heavy (non-hydrogen) atoms. The largest absolute Gasteiger partial charge is 0.398 e. The van der Waals surface area contributed by atoms with Crippen molar-refractivity contribution in [3.63, 3.8) is 0 Å². The molecule has 0 saturated heterocycles. The van der Waals surface area contributed by atoms with Crippen LogP contribution in [0.5, 0.6) is 0 Å². The first-order valence-corrected chi connectivity index (χ1v) is 7.24. The SMILES string of the molecule is CC(C)CC(CN(C)C)N1C(=O)c2cccc(N)c2C1=O. The maximum Gasteiger partial charge on any atom is 0.263 e. The summed E-state index contributed by atoms with van der Waals surface area (Å²) in [5.41, 5.74) is 7.04. The molecule has 0 saturated carbocycles. The predicted molar refractivity (Wildman–Crippen MR) is 83.2 cm³/mol. The zero-order chi connectivity index (χ0) is 15.7. The molecule has 0 aliphatic carbocycles. The van der Waals surface area contributed by atoms with E-state index >= 15 is 0 Å². The van der Waals surface area contributed by atoms with Crippen LogP contribution in [0.3, 0.4) is 0 Å². The van der Waals surface area contributed by atoms with E-state index in [1.54, 1.807) is 18.2 Å². The molecule has 1 aromatic carbocycles. The summed E-state index contributed by atoms with van der Waals surface area (Å²) >= 11 is 0. The van der Waals surface area contributed by atoms with Crippen molar-refractivity contribution in [2.45, 2.75) is 26.3 Å². The van der Waals surface area contributed by atoms with E-state index in [9.17, 15) is 9.59 Å². The van der Waals surface area contributed by atoms with Crippen molar-refractivity contribution in [2.75, 3.05) is 26.4 Å². The van der Waals surface area contributed by atoms with E-state index in [1.807, 2.05) is 19.0 Å². The molecule has 2 rings (SSSR count). The van der Waals surface area contributed by atoms with Crippen LogP contribution in [0.15, 0.2) is 18.2 Å². The number of benzene rings is 1. The minimum absolute atomic E-state index is 0.133. The molecular weight excluding hydrogens is 266 g/mol. The van der Waals surface area contributed by atoms with E-state index < -0.39 is 0 Å². The summed E-state index contributed by atoms with van der Waals surface area (Å²) in [7, 11) is 3.89. The van der Waals surface area contributed by atoms with Gasteiger partial charge in [-0.2, -0.15) is 0 Å². The third-order valence-electron chi connectivity index (χ3n) is 3.66. The van der Waals surface area contributed by atoms with Gasteiger partial charge in [0.1, 0.15) is 0 Å². The van der Waals surface area contributed by atoms with Gasteiger partial charge in [0.2, 0.25) is 0 Å². The standard InChI is InChI=1S/C16H23N3O2/c1-10(2)8-11(9-18(3)4)19-15(20)12-6-5-7-13(17)14(12)16(19)21/h5-7,10-11H,8-9,17H2,1-4H3. The number of carbonyl (C=O) groups excluding carboxylic acids is 2. The van der Waals surface area contributed by atoms with Crippen LogP contribution in [0.1, 0.15) is 41.0 Å². The maximum absolute atomic E-state index is 12.6. The Kier molecular flexibility index (Phi) is 4.32. The van der Waals surface area contributed by atoms with E-state index in [1.165, 1.54) is 4.90 Å². The first kappa shape index (κ1) is 15.5. The zero-order valence-electron chi connectivity index (χ0n) is 13.1. The van der Waals surface area contributed by atoms with Crippen molar-refractivity contribution in [3.05, 3.63) is 29.3 Å². The number of nitrogen functional groups attached to an aromatic ring is 1. The highest BCUT2D eigenvalue weighted by Crippen LogP contribution is 2.30. The van der Waals surface area contributed by atoms with E-state index in [2.05, 4.69) is 13.8 Å². The van der Waals surface area contributed by atoms with Gasteiger partial charge in [0, 0.05) is 12.2 Å². The Morgan fingerprint density at radius 3 is 2.38 bits per heavy atom. The molecule has 1 aliphatic heterocycles. The van der Waals surface area contributed by atoms with E-state index in [0.717, 1.165) is 6.42 Å². The Hall–Kier alpha value is -1.88. The highest BCUT2D eigenvalue weighted by Gasteiger charge is 2.41. The Balaban J connectivity index is 2.37. The molecule has 5 heteroatoms. The minimum Gasteiger partial charge on any atom is -0.398 e. The summed E-state index contributed by atoms with van der Waals surface area (Å²) in [6.45, 7) is 4.84. The fraction of sp³-hybridized carbons (Fsp3) is 0.500. The van der Waals surface area contributed by atoms with Gasteiger partial charge >= 0.3 is 0 Å². The second-order valence-electron chi connectivity index (χ2n) is 6.30. The third-order valence-corrected chi connectivity index (χ3v) is 3.66. The molecule has 2 N–H and O–H groups in total. The Bertz CT molecular complexity index is 557. The fourth-order valence-electron chi connectivity index (χ4n) is 2.89. The number of fused-ring (bicyclic) bond motifs is 1. The number of amides is 2. The molecule has 5 nitrogen and oxygen atoms in total. The van der Waals surface area contributed by atoms with Crippen LogP contribution in [-0.2, 0) is 0 Å². The fourth-order valence-corrected chi connectivity index (χ4v) is 2.89. The van der Waals surface area contributed by atoms with Gasteiger partial charge in [-0.25, -0.2) is 0 Å². The summed E-state index contributed by atoms with van der Waals surface area (Å²) in [5, 5.41) is 0. The molecule has 1 aliphatic rings. The monoisotopic (exact) mass is 289 g/mol. The van der Waals surface area contributed by atoms with Crippen LogP contribution in [0, 0.1) is 5.92 Å². The average Bonchev–Trinajstić information content (AvgIpc) is 2.61. The number of nitrogens with two attached hydrogens (primary N) is 1. The van der Waals surface area contributed by atoms with Crippen LogP contribution < -0.4 is 5.73 Å². The highest BCUT2D eigenvalue weighted by atomic mass is 16.2. The van der Waals surface area contributed by atoms with Crippen LogP contribution >= 0.6 is 0 Å². The van der Waals surface area contributed by atoms with Crippen molar-refractivity contribution >= 4 is 17.5 Å². The lowest BCUT2D eigenvalue weighted by atomic mass is 10.0. The maximum atomic E-state index is 12.6. The van der Waals surface area contributed by atoms with E-state index in [4.69, 9.17) is 5.73 Å². The van der Waals surface area contributed by atoms with Crippen molar-refractivity contribution in [2.24, 2.45) is 5.92 Å². The van der Waals surface area contributed by atoms with Crippen LogP contribution in [0.25, 0.3) is 0 Å². The van der Waals surface area contributed by atoms with E-state index in [-0.39, 0.29) is 17.9 Å². The molecule has 0 aromatic heterocycles. The molecular formula is C16H23N3O2. The molecule has 2 amide bonds. The van der Waals surface area contributed by atoms with Gasteiger partial charge in [0.25, 0.3) is 11.8 Å². The Morgan fingerprint density at radius 1 is 1.19 bits per heavy atom.